The molecule has 0 aliphatic carbocycles. The Balaban J connectivity index is 1.79. The summed E-state index contributed by atoms with van der Waals surface area (Å²) in [6, 6.07) is 8.20. The predicted octanol–water partition coefficient (Wildman–Crippen LogP) is 4.98. The number of carbonyl (C=O) groups excluding carboxylic acids is 1. The second-order valence-corrected chi connectivity index (χ2v) is 8.76. The maximum atomic E-state index is 14.4. The van der Waals surface area contributed by atoms with Crippen LogP contribution in [-0.2, 0) is 4.79 Å². The van der Waals surface area contributed by atoms with E-state index in [2.05, 4.69) is 57.9 Å². The molecule has 1 amide bonds. The van der Waals surface area contributed by atoms with Crippen molar-refractivity contribution in [3.05, 3.63) is 65.7 Å². The lowest BCUT2D eigenvalue weighted by Crippen LogP contribution is -2.20. The quantitative estimate of drug-likeness (QED) is 0.421. The van der Waals surface area contributed by atoms with Crippen LogP contribution >= 0.6 is 11.6 Å². The number of hydrogen-bond acceptors (Lipinski definition) is 5. The van der Waals surface area contributed by atoms with E-state index in [0.717, 1.165) is 19.5 Å². The van der Waals surface area contributed by atoms with Gasteiger partial charge in [0.1, 0.15) is 12.1 Å². The van der Waals surface area contributed by atoms with E-state index in [-0.39, 0.29) is 22.0 Å². The molecule has 1 atom stereocenters. The highest BCUT2D eigenvalue weighted by molar-refractivity contribution is 6.31. The van der Waals surface area contributed by atoms with E-state index in [4.69, 9.17) is 11.6 Å². The largest absolute Gasteiger partial charge is 0.337 e. The van der Waals surface area contributed by atoms with Gasteiger partial charge in [0.15, 0.2) is 5.82 Å². The summed E-state index contributed by atoms with van der Waals surface area (Å²) in [5, 5.41) is 6.38. The number of halogens is 2. The number of aromatic nitrogens is 2. The first-order valence-corrected chi connectivity index (χ1v) is 10.8. The Morgan fingerprint density at radius 1 is 1.33 bits per heavy atom. The van der Waals surface area contributed by atoms with Crippen LogP contribution in [0.25, 0.3) is 10.9 Å². The number of fused-ring (bicyclic) bond motifs is 1. The number of likely N-dealkylation sites (tertiary alicyclic amines) is 1. The van der Waals surface area contributed by atoms with Gasteiger partial charge in [0.25, 0.3) is 0 Å². The van der Waals surface area contributed by atoms with Crippen LogP contribution in [0.4, 0.5) is 21.6 Å². The zero-order valence-electron chi connectivity index (χ0n) is 18.4. The number of hydrogen-bond donors (Lipinski definition) is 2. The van der Waals surface area contributed by atoms with Crippen LogP contribution in [0.2, 0.25) is 5.02 Å². The summed E-state index contributed by atoms with van der Waals surface area (Å²) in [6.07, 6.45) is 3.55. The number of nitrogens with zero attached hydrogens (tertiary/aromatic N) is 3. The first-order valence-electron chi connectivity index (χ1n) is 10.4. The minimum absolute atomic E-state index is 0.000843. The number of nitrogens with one attached hydrogen (secondary N) is 2. The molecule has 3 aromatic rings. The van der Waals surface area contributed by atoms with Crippen molar-refractivity contribution < 1.29 is 9.18 Å². The van der Waals surface area contributed by atoms with Crippen LogP contribution in [0.1, 0.15) is 18.9 Å². The lowest BCUT2D eigenvalue weighted by Gasteiger charge is -2.16. The van der Waals surface area contributed by atoms with Gasteiger partial charge in [-0.3, -0.25) is 4.79 Å². The second-order valence-electron chi connectivity index (χ2n) is 8.36. The zero-order valence-corrected chi connectivity index (χ0v) is 19.1. The molecule has 1 aliphatic heterocycles. The summed E-state index contributed by atoms with van der Waals surface area (Å²) in [4.78, 5) is 23.0. The second kappa shape index (κ2) is 9.18. The topological polar surface area (TPSA) is 70.1 Å². The molecule has 8 heteroatoms. The molecule has 1 aliphatic rings. The van der Waals surface area contributed by atoms with Crippen LogP contribution in [0.3, 0.4) is 0 Å². The minimum Gasteiger partial charge on any atom is -0.337 e. The van der Waals surface area contributed by atoms with Gasteiger partial charge < -0.3 is 15.5 Å². The van der Waals surface area contributed by atoms with Crippen molar-refractivity contribution in [2.75, 3.05) is 30.8 Å². The molecule has 0 unspecified atom stereocenters. The van der Waals surface area contributed by atoms with Crippen molar-refractivity contribution in [1.29, 1.82) is 0 Å². The maximum Gasteiger partial charge on any atom is 0.247 e. The summed E-state index contributed by atoms with van der Waals surface area (Å²) in [5.74, 6) is 6.05. The van der Waals surface area contributed by atoms with Gasteiger partial charge in [0, 0.05) is 17.3 Å². The minimum atomic E-state index is -0.580. The predicted molar refractivity (Wildman–Crippen MR) is 130 cm³/mol. The highest BCUT2D eigenvalue weighted by atomic mass is 35.5. The monoisotopic (exact) mass is 463 g/mol. The molecule has 33 heavy (non-hydrogen) atoms. The molecule has 0 saturated carbocycles. The Hall–Kier alpha value is -3.47. The summed E-state index contributed by atoms with van der Waals surface area (Å²) < 4.78 is 14.4. The Kier molecular flexibility index (Phi) is 6.32. The average molecular weight is 464 g/mol. The standard InChI is InChI=1S/C25H23ClFN5O/c1-4-22(33)30-20-13-17-21(12-16(20)8-9-25(2)10-11-32(3)14-25)28-15-29-24(17)31-19-7-5-6-18(26)23(19)27/h4-7,12-13,15H,1,10-11,14H2,2-3H3,(H,30,33)(H,28,29,31)/t25-/m0/s1. The summed E-state index contributed by atoms with van der Waals surface area (Å²) in [7, 11) is 2.08. The molecule has 2 N–H and O–H groups in total. The molecule has 2 heterocycles. The zero-order chi connectivity index (χ0) is 23.6. The van der Waals surface area contributed by atoms with Gasteiger partial charge in [-0.15, -0.1) is 0 Å². The fourth-order valence-corrected chi connectivity index (χ4v) is 4.01. The van der Waals surface area contributed by atoms with E-state index in [9.17, 15) is 9.18 Å². The molecule has 168 valence electrons. The van der Waals surface area contributed by atoms with Crippen molar-refractivity contribution in [1.82, 2.24) is 14.9 Å². The number of benzene rings is 2. The van der Waals surface area contributed by atoms with Crippen molar-refractivity contribution in [2.45, 2.75) is 13.3 Å². The highest BCUT2D eigenvalue weighted by Crippen LogP contribution is 2.32. The van der Waals surface area contributed by atoms with E-state index in [1.807, 2.05) is 0 Å². The van der Waals surface area contributed by atoms with Crippen molar-refractivity contribution in [3.8, 4) is 11.8 Å². The summed E-state index contributed by atoms with van der Waals surface area (Å²) in [5.41, 5.74) is 1.78. The van der Waals surface area contributed by atoms with Gasteiger partial charge in [-0.2, -0.15) is 0 Å². The number of rotatable bonds is 4. The van der Waals surface area contributed by atoms with E-state index in [0.29, 0.717) is 28.0 Å². The Morgan fingerprint density at radius 2 is 2.15 bits per heavy atom. The molecule has 1 saturated heterocycles. The highest BCUT2D eigenvalue weighted by Gasteiger charge is 2.30. The summed E-state index contributed by atoms with van der Waals surface area (Å²) in [6.45, 7) is 7.53. The normalized spacial score (nSPS) is 17.9. The van der Waals surface area contributed by atoms with Crippen molar-refractivity contribution >= 4 is 45.6 Å². The molecule has 1 aromatic heterocycles. The molecule has 1 fully saturated rings. The number of carbonyl (C=O) groups is 1. The van der Waals surface area contributed by atoms with Crippen LogP contribution < -0.4 is 10.6 Å². The Morgan fingerprint density at radius 3 is 2.88 bits per heavy atom. The lowest BCUT2D eigenvalue weighted by molar-refractivity contribution is -0.111. The summed E-state index contributed by atoms with van der Waals surface area (Å²) >= 11 is 5.90. The van der Waals surface area contributed by atoms with E-state index >= 15 is 0 Å². The lowest BCUT2D eigenvalue weighted by atomic mass is 9.90. The maximum absolute atomic E-state index is 14.4. The van der Waals surface area contributed by atoms with E-state index in [1.54, 1.807) is 24.3 Å². The van der Waals surface area contributed by atoms with Crippen molar-refractivity contribution in [3.63, 3.8) is 0 Å². The third-order valence-electron chi connectivity index (χ3n) is 5.59. The molecular weight excluding hydrogens is 441 g/mol. The fourth-order valence-electron chi connectivity index (χ4n) is 3.83. The van der Waals surface area contributed by atoms with E-state index < -0.39 is 5.82 Å². The number of anilines is 3. The molecular formula is C25H23ClFN5O. The molecule has 4 rings (SSSR count). The van der Waals surface area contributed by atoms with Gasteiger partial charge in [-0.25, -0.2) is 14.4 Å². The number of amides is 1. The van der Waals surface area contributed by atoms with Gasteiger partial charge in [0.2, 0.25) is 5.91 Å². The Labute approximate surface area is 196 Å². The third-order valence-corrected chi connectivity index (χ3v) is 5.88. The third kappa shape index (κ3) is 4.98. The van der Waals surface area contributed by atoms with Gasteiger partial charge >= 0.3 is 0 Å². The van der Waals surface area contributed by atoms with Gasteiger partial charge in [0.05, 0.1) is 27.5 Å². The van der Waals surface area contributed by atoms with Crippen LogP contribution in [0.15, 0.2) is 49.3 Å². The molecule has 0 spiro atoms. The first kappa shape index (κ1) is 22.7. The smallest absolute Gasteiger partial charge is 0.247 e. The van der Waals surface area contributed by atoms with E-state index in [1.165, 1.54) is 18.5 Å². The average Bonchev–Trinajstić information content (AvgIpc) is 3.14. The van der Waals surface area contributed by atoms with Crippen molar-refractivity contribution in [2.24, 2.45) is 5.41 Å². The fraction of sp³-hybridized carbons (Fsp3) is 0.240. The van der Waals surface area contributed by atoms with Gasteiger partial charge in [-0.1, -0.05) is 36.1 Å². The molecule has 6 nitrogen and oxygen atoms in total. The molecule has 0 bridgehead atoms. The Bertz CT molecular complexity index is 1320. The first-order chi connectivity index (χ1) is 15.8. The SMILES string of the molecule is C=CC(=O)Nc1cc2c(Nc3cccc(Cl)c3F)ncnc2cc1C#C[C@@]1(C)CCN(C)C1. The molecule has 0 radical (unpaired) electrons. The van der Waals surface area contributed by atoms with Crippen LogP contribution in [-0.4, -0.2) is 40.9 Å². The van der Waals surface area contributed by atoms with Crippen LogP contribution in [0.5, 0.6) is 0 Å². The molecule has 2 aromatic carbocycles. The van der Waals surface area contributed by atoms with Gasteiger partial charge in [-0.05, 0) is 57.3 Å². The van der Waals surface area contributed by atoms with Crippen LogP contribution in [0, 0.1) is 23.1 Å².